The van der Waals surface area contributed by atoms with Gasteiger partial charge in [0, 0.05) is 18.9 Å². The maximum Gasteiger partial charge on any atom is 0.275 e. The molecule has 0 aromatic carbocycles. The molecule has 0 bridgehead atoms. The number of nitrogens with zero attached hydrogens (tertiary/aromatic N) is 3. The quantitative estimate of drug-likeness (QED) is 0.813. The van der Waals surface area contributed by atoms with Crippen molar-refractivity contribution in [2.75, 3.05) is 6.54 Å². The second-order valence-corrected chi connectivity index (χ2v) is 4.40. The summed E-state index contributed by atoms with van der Waals surface area (Å²) in [6, 6.07) is -0.521. The minimum absolute atomic E-state index is 0.260. The highest BCUT2D eigenvalue weighted by atomic mass is 16.2. The number of carbonyl (C=O) groups excluding carboxylic acids is 2. The van der Waals surface area contributed by atoms with E-state index in [0.29, 0.717) is 24.4 Å². The van der Waals surface area contributed by atoms with Crippen LogP contribution in [0.1, 0.15) is 35.4 Å². The summed E-state index contributed by atoms with van der Waals surface area (Å²) in [5, 5.41) is 0. The lowest BCUT2D eigenvalue weighted by Crippen LogP contribution is -2.50. The summed E-state index contributed by atoms with van der Waals surface area (Å²) in [6.07, 6.45) is 5.43. The summed E-state index contributed by atoms with van der Waals surface area (Å²) in [6.45, 7) is 2.27. The molecule has 2 N–H and O–H groups in total. The minimum atomic E-state index is -0.521. The monoisotopic (exact) mass is 248 g/mol. The van der Waals surface area contributed by atoms with Crippen molar-refractivity contribution < 1.29 is 9.59 Å². The average Bonchev–Trinajstić information content (AvgIpc) is 2.38. The van der Waals surface area contributed by atoms with Crippen molar-refractivity contribution in [3.05, 3.63) is 23.8 Å². The number of aryl methyl sites for hydroxylation is 1. The van der Waals surface area contributed by atoms with Crippen molar-refractivity contribution in [1.29, 1.82) is 0 Å². The molecule has 96 valence electrons. The number of hydrogen-bond donors (Lipinski definition) is 1. The van der Waals surface area contributed by atoms with Crippen molar-refractivity contribution in [3.8, 4) is 0 Å². The largest absolute Gasteiger partial charge is 0.368 e. The van der Waals surface area contributed by atoms with Crippen molar-refractivity contribution in [2.45, 2.75) is 32.2 Å². The lowest BCUT2D eigenvalue weighted by molar-refractivity contribution is -0.123. The third kappa shape index (κ3) is 2.32. The summed E-state index contributed by atoms with van der Waals surface area (Å²) >= 11 is 0. The van der Waals surface area contributed by atoms with Gasteiger partial charge in [0.25, 0.3) is 5.91 Å². The lowest BCUT2D eigenvalue weighted by atomic mass is 10.0. The summed E-state index contributed by atoms with van der Waals surface area (Å²) in [4.78, 5) is 33.3. The molecule has 18 heavy (non-hydrogen) atoms. The number of likely N-dealkylation sites (tertiary alicyclic amines) is 1. The number of primary amides is 1. The summed E-state index contributed by atoms with van der Waals surface area (Å²) in [7, 11) is 0. The Balaban J connectivity index is 2.27. The van der Waals surface area contributed by atoms with Gasteiger partial charge in [0.2, 0.25) is 5.91 Å². The molecule has 2 amide bonds. The molecule has 1 fully saturated rings. The van der Waals surface area contributed by atoms with Crippen LogP contribution in [0.25, 0.3) is 0 Å². The van der Waals surface area contributed by atoms with E-state index in [9.17, 15) is 9.59 Å². The van der Waals surface area contributed by atoms with Gasteiger partial charge in [0.1, 0.15) is 11.7 Å². The third-order valence-corrected chi connectivity index (χ3v) is 3.18. The van der Waals surface area contributed by atoms with Gasteiger partial charge < -0.3 is 10.6 Å². The summed E-state index contributed by atoms with van der Waals surface area (Å²) < 4.78 is 0. The van der Waals surface area contributed by atoms with E-state index in [1.807, 2.05) is 0 Å². The zero-order chi connectivity index (χ0) is 13.1. The smallest absolute Gasteiger partial charge is 0.275 e. The van der Waals surface area contributed by atoms with Gasteiger partial charge in [-0.25, -0.2) is 4.98 Å². The molecule has 6 nitrogen and oxygen atoms in total. The van der Waals surface area contributed by atoms with Crippen LogP contribution < -0.4 is 5.73 Å². The Morgan fingerprint density at radius 3 is 2.72 bits per heavy atom. The van der Waals surface area contributed by atoms with Gasteiger partial charge in [-0.3, -0.25) is 14.6 Å². The number of hydrogen-bond acceptors (Lipinski definition) is 4. The van der Waals surface area contributed by atoms with Gasteiger partial charge in [0.05, 0.1) is 5.69 Å². The number of rotatable bonds is 2. The highest BCUT2D eigenvalue weighted by Crippen LogP contribution is 2.19. The molecule has 6 heteroatoms. The molecule has 2 rings (SSSR count). The standard InChI is InChI=1S/C12H16N4O2/c1-8-10(15-6-5-14-8)12(18)16-7-3-2-4-9(16)11(13)17/h5-6,9H,2-4,7H2,1H3,(H2,13,17). The summed E-state index contributed by atoms with van der Waals surface area (Å²) in [5.41, 5.74) is 6.21. The van der Waals surface area contributed by atoms with E-state index in [1.54, 1.807) is 6.92 Å². The maximum absolute atomic E-state index is 12.4. The molecule has 2 heterocycles. The number of aromatic nitrogens is 2. The number of piperidine rings is 1. The van der Waals surface area contributed by atoms with E-state index >= 15 is 0 Å². The molecule has 1 atom stereocenters. The van der Waals surface area contributed by atoms with Gasteiger partial charge in [-0.15, -0.1) is 0 Å². The van der Waals surface area contributed by atoms with E-state index in [-0.39, 0.29) is 5.91 Å². The molecule has 0 spiro atoms. The van der Waals surface area contributed by atoms with Crippen molar-refractivity contribution in [2.24, 2.45) is 5.73 Å². The van der Waals surface area contributed by atoms with Gasteiger partial charge in [-0.1, -0.05) is 0 Å². The molecule has 0 saturated carbocycles. The normalized spacial score (nSPS) is 19.6. The molecule has 1 aromatic rings. The molecule has 0 aliphatic carbocycles. The van der Waals surface area contributed by atoms with Crippen LogP contribution >= 0.6 is 0 Å². The van der Waals surface area contributed by atoms with Crippen molar-refractivity contribution in [3.63, 3.8) is 0 Å². The van der Waals surface area contributed by atoms with E-state index in [0.717, 1.165) is 12.8 Å². The SMILES string of the molecule is Cc1nccnc1C(=O)N1CCCCC1C(N)=O. The third-order valence-electron chi connectivity index (χ3n) is 3.18. The fourth-order valence-electron chi connectivity index (χ4n) is 2.22. The van der Waals surface area contributed by atoms with Gasteiger partial charge in [0.15, 0.2) is 0 Å². The first kappa shape index (κ1) is 12.5. The Kier molecular flexibility index (Phi) is 3.55. The fraction of sp³-hybridized carbons (Fsp3) is 0.500. The van der Waals surface area contributed by atoms with Crippen molar-refractivity contribution >= 4 is 11.8 Å². The Morgan fingerprint density at radius 1 is 1.33 bits per heavy atom. The highest BCUT2D eigenvalue weighted by Gasteiger charge is 2.32. The average molecular weight is 248 g/mol. The van der Waals surface area contributed by atoms with Crippen LogP contribution in [0.5, 0.6) is 0 Å². The molecular formula is C12H16N4O2. The van der Waals surface area contributed by atoms with Crippen LogP contribution in [0.4, 0.5) is 0 Å². The maximum atomic E-state index is 12.4. The lowest BCUT2D eigenvalue weighted by Gasteiger charge is -2.33. The first-order valence-corrected chi connectivity index (χ1v) is 5.99. The number of carbonyl (C=O) groups is 2. The molecule has 1 aliphatic heterocycles. The Bertz CT molecular complexity index is 475. The highest BCUT2D eigenvalue weighted by molar-refractivity contribution is 5.96. The van der Waals surface area contributed by atoms with Crippen LogP contribution in [0.3, 0.4) is 0 Å². The molecule has 1 aliphatic rings. The van der Waals surface area contributed by atoms with E-state index in [2.05, 4.69) is 9.97 Å². The minimum Gasteiger partial charge on any atom is -0.368 e. The predicted octanol–water partition coefficient (Wildman–Crippen LogP) is 0.265. The molecule has 1 aromatic heterocycles. The Labute approximate surface area is 105 Å². The van der Waals surface area contributed by atoms with Crippen LogP contribution in [-0.2, 0) is 4.79 Å². The Morgan fingerprint density at radius 2 is 2.06 bits per heavy atom. The molecule has 0 radical (unpaired) electrons. The molecule has 1 unspecified atom stereocenters. The topological polar surface area (TPSA) is 89.2 Å². The first-order valence-electron chi connectivity index (χ1n) is 5.99. The first-order chi connectivity index (χ1) is 8.61. The Hall–Kier alpha value is -1.98. The van der Waals surface area contributed by atoms with Crippen LogP contribution in [0.15, 0.2) is 12.4 Å². The van der Waals surface area contributed by atoms with Gasteiger partial charge >= 0.3 is 0 Å². The van der Waals surface area contributed by atoms with Crippen LogP contribution in [-0.4, -0.2) is 39.3 Å². The zero-order valence-corrected chi connectivity index (χ0v) is 10.3. The van der Waals surface area contributed by atoms with E-state index < -0.39 is 11.9 Å². The molecular weight excluding hydrogens is 232 g/mol. The molecule has 1 saturated heterocycles. The van der Waals surface area contributed by atoms with Crippen molar-refractivity contribution in [1.82, 2.24) is 14.9 Å². The summed E-state index contributed by atoms with van der Waals surface area (Å²) in [5.74, 6) is -0.714. The van der Waals surface area contributed by atoms with Crippen LogP contribution in [0, 0.1) is 6.92 Å². The van der Waals surface area contributed by atoms with Gasteiger partial charge in [-0.05, 0) is 26.2 Å². The van der Waals surface area contributed by atoms with E-state index in [4.69, 9.17) is 5.73 Å². The second-order valence-electron chi connectivity index (χ2n) is 4.40. The van der Waals surface area contributed by atoms with E-state index in [1.165, 1.54) is 17.3 Å². The number of nitrogens with two attached hydrogens (primary N) is 1. The number of amides is 2. The fourth-order valence-corrected chi connectivity index (χ4v) is 2.22. The van der Waals surface area contributed by atoms with Crippen LogP contribution in [0.2, 0.25) is 0 Å². The zero-order valence-electron chi connectivity index (χ0n) is 10.3. The van der Waals surface area contributed by atoms with Gasteiger partial charge in [-0.2, -0.15) is 0 Å². The second kappa shape index (κ2) is 5.12. The predicted molar refractivity (Wildman–Crippen MR) is 64.6 cm³/mol.